The van der Waals surface area contributed by atoms with Crippen molar-refractivity contribution in [2.24, 2.45) is 0 Å². The van der Waals surface area contributed by atoms with Gasteiger partial charge in [-0.15, -0.1) is 0 Å². The Balaban J connectivity index is 1.61. The molecule has 1 fully saturated rings. The maximum Gasteiger partial charge on any atom is 0.271 e. The molecule has 1 aromatic rings. The topological polar surface area (TPSA) is 84.1 Å². The van der Waals surface area contributed by atoms with Crippen molar-refractivity contribution < 1.29 is 9.53 Å². The lowest BCUT2D eigenvalue weighted by Gasteiger charge is -2.09. The molecule has 0 radical (unpaired) electrons. The van der Waals surface area contributed by atoms with E-state index in [1.807, 2.05) is 0 Å². The van der Waals surface area contributed by atoms with E-state index in [2.05, 4.69) is 15.3 Å². The Labute approximate surface area is 111 Å². The molecule has 0 unspecified atom stereocenters. The Morgan fingerprint density at radius 2 is 2.42 bits per heavy atom. The molecular weight excluding hydrogens is 246 g/mol. The summed E-state index contributed by atoms with van der Waals surface area (Å²) in [6.07, 6.45) is 8.20. The molecule has 1 atom stereocenters. The SMILES string of the molecule is O=C(NCCCC[C@@H]1CCCO1)c1c[nH]c(=O)cn1. The minimum absolute atomic E-state index is 0.235. The molecule has 6 nitrogen and oxygen atoms in total. The summed E-state index contributed by atoms with van der Waals surface area (Å²) in [5.74, 6) is -0.256. The van der Waals surface area contributed by atoms with Crippen molar-refractivity contribution in [2.75, 3.05) is 13.2 Å². The van der Waals surface area contributed by atoms with Gasteiger partial charge >= 0.3 is 0 Å². The number of ether oxygens (including phenoxy) is 1. The van der Waals surface area contributed by atoms with Gasteiger partial charge in [0.1, 0.15) is 5.69 Å². The van der Waals surface area contributed by atoms with E-state index in [1.165, 1.54) is 12.6 Å². The van der Waals surface area contributed by atoms with Crippen LogP contribution in [0.2, 0.25) is 0 Å². The summed E-state index contributed by atoms with van der Waals surface area (Å²) < 4.78 is 5.53. The molecule has 2 heterocycles. The first-order valence-corrected chi connectivity index (χ1v) is 6.70. The zero-order valence-corrected chi connectivity index (χ0v) is 10.9. The van der Waals surface area contributed by atoms with E-state index in [9.17, 15) is 9.59 Å². The summed E-state index contributed by atoms with van der Waals surface area (Å²) in [6.45, 7) is 1.51. The molecule has 0 bridgehead atoms. The summed E-state index contributed by atoms with van der Waals surface area (Å²) in [6, 6.07) is 0. The van der Waals surface area contributed by atoms with Crippen molar-refractivity contribution in [1.29, 1.82) is 0 Å². The van der Waals surface area contributed by atoms with Crippen LogP contribution in [-0.4, -0.2) is 35.1 Å². The van der Waals surface area contributed by atoms with E-state index in [-0.39, 0.29) is 17.2 Å². The van der Waals surface area contributed by atoms with Crippen LogP contribution >= 0.6 is 0 Å². The van der Waals surface area contributed by atoms with E-state index < -0.39 is 0 Å². The smallest absolute Gasteiger partial charge is 0.271 e. The number of hydrogen-bond donors (Lipinski definition) is 2. The molecule has 6 heteroatoms. The lowest BCUT2D eigenvalue weighted by Crippen LogP contribution is -2.26. The highest BCUT2D eigenvalue weighted by Gasteiger charge is 2.14. The lowest BCUT2D eigenvalue weighted by molar-refractivity contribution is 0.0942. The molecule has 2 N–H and O–H groups in total. The van der Waals surface area contributed by atoms with Gasteiger partial charge in [-0.2, -0.15) is 0 Å². The van der Waals surface area contributed by atoms with Crippen LogP contribution in [0.1, 0.15) is 42.6 Å². The normalized spacial score (nSPS) is 18.4. The third-order valence-corrected chi connectivity index (χ3v) is 3.17. The van der Waals surface area contributed by atoms with E-state index in [0.717, 1.165) is 38.5 Å². The second kappa shape index (κ2) is 7.04. The van der Waals surface area contributed by atoms with E-state index in [4.69, 9.17) is 4.74 Å². The quantitative estimate of drug-likeness (QED) is 0.747. The molecule has 104 valence electrons. The standard InChI is InChI=1S/C13H19N3O3/c17-12-9-15-11(8-16-12)13(18)14-6-2-1-4-10-5-3-7-19-10/h8-10H,1-7H2,(H,14,18)(H,16,17)/t10-/m1/s1. The fraction of sp³-hybridized carbons (Fsp3) is 0.615. The van der Waals surface area contributed by atoms with E-state index in [0.29, 0.717) is 12.6 Å². The first-order valence-electron chi connectivity index (χ1n) is 6.70. The first kappa shape index (κ1) is 13.7. The van der Waals surface area contributed by atoms with Crippen LogP contribution in [0.25, 0.3) is 0 Å². The predicted molar refractivity (Wildman–Crippen MR) is 70.0 cm³/mol. The molecule has 2 rings (SSSR count). The summed E-state index contributed by atoms with van der Waals surface area (Å²) in [5.41, 5.74) is -0.0770. The maximum atomic E-state index is 11.7. The van der Waals surface area contributed by atoms with Crippen LogP contribution in [-0.2, 0) is 4.74 Å². The fourth-order valence-corrected chi connectivity index (χ4v) is 2.13. The van der Waals surface area contributed by atoms with Crippen molar-refractivity contribution in [2.45, 2.75) is 38.2 Å². The number of carbonyl (C=O) groups is 1. The zero-order valence-electron chi connectivity index (χ0n) is 10.9. The average Bonchev–Trinajstić information content (AvgIpc) is 2.92. The van der Waals surface area contributed by atoms with Crippen molar-refractivity contribution >= 4 is 5.91 Å². The fourth-order valence-electron chi connectivity index (χ4n) is 2.13. The highest BCUT2D eigenvalue weighted by Crippen LogP contribution is 2.17. The molecule has 1 amide bonds. The average molecular weight is 265 g/mol. The second-order valence-corrected chi connectivity index (χ2v) is 4.68. The maximum absolute atomic E-state index is 11.7. The number of unbranched alkanes of at least 4 members (excludes halogenated alkanes) is 1. The molecular formula is C13H19N3O3. The molecule has 1 aromatic heterocycles. The van der Waals surface area contributed by atoms with Gasteiger partial charge in [0.25, 0.3) is 11.5 Å². The van der Waals surface area contributed by atoms with Crippen LogP contribution in [0.4, 0.5) is 0 Å². The van der Waals surface area contributed by atoms with E-state index in [1.54, 1.807) is 0 Å². The van der Waals surface area contributed by atoms with Crippen LogP contribution in [0.15, 0.2) is 17.2 Å². The minimum atomic E-state index is -0.312. The summed E-state index contributed by atoms with van der Waals surface area (Å²) in [7, 11) is 0. The van der Waals surface area contributed by atoms with Crippen LogP contribution in [0, 0.1) is 0 Å². The highest BCUT2D eigenvalue weighted by molar-refractivity contribution is 5.91. The Kier molecular flexibility index (Phi) is 5.09. The van der Waals surface area contributed by atoms with Crippen molar-refractivity contribution in [3.8, 4) is 0 Å². The lowest BCUT2D eigenvalue weighted by atomic mass is 10.1. The summed E-state index contributed by atoms with van der Waals surface area (Å²) in [4.78, 5) is 28.7. The van der Waals surface area contributed by atoms with Crippen molar-refractivity contribution in [3.63, 3.8) is 0 Å². The zero-order chi connectivity index (χ0) is 13.5. The monoisotopic (exact) mass is 265 g/mol. The number of amides is 1. The number of H-pyrrole nitrogens is 1. The van der Waals surface area contributed by atoms with Gasteiger partial charge in [-0.05, 0) is 32.1 Å². The van der Waals surface area contributed by atoms with Crippen LogP contribution in [0.5, 0.6) is 0 Å². The highest BCUT2D eigenvalue weighted by atomic mass is 16.5. The molecule has 0 spiro atoms. The van der Waals surface area contributed by atoms with Gasteiger partial charge in [0.05, 0.1) is 12.3 Å². The summed E-state index contributed by atoms with van der Waals surface area (Å²) >= 11 is 0. The Morgan fingerprint density at radius 1 is 1.53 bits per heavy atom. The molecule has 19 heavy (non-hydrogen) atoms. The minimum Gasteiger partial charge on any atom is -0.378 e. The molecule has 1 saturated heterocycles. The number of carbonyl (C=O) groups excluding carboxylic acids is 1. The van der Waals surface area contributed by atoms with Gasteiger partial charge in [0.15, 0.2) is 0 Å². The Bertz CT molecular complexity index is 446. The first-order chi connectivity index (χ1) is 9.25. The van der Waals surface area contributed by atoms with Crippen molar-refractivity contribution in [3.05, 3.63) is 28.4 Å². The number of aromatic nitrogens is 2. The van der Waals surface area contributed by atoms with Gasteiger partial charge in [-0.1, -0.05) is 0 Å². The van der Waals surface area contributed by atoms with Gasteiger partial charge in [-0.3, -0.25) is 9.59 Å². The number of aromatic amines is 1. The summed E-state index contributed by atoms with van der Waals surface area (Å²) in [5, 5.41) is 2.78. The number of rotatable bonds is 6. The third kappa shape index (κ3) is 4.48. The van der Waals surface area contributed by atoms with Gasteiger partial charge in [0, 0.05) is 19.3 Å². The van der Waals surface area contributed by atoms with Crippen molar-refractivity contribution in [1.82, 2.24) is 15.3 Å². The molecule has 1 aliphatic rings. The molecule has 1 aliphatic heterocycles. The van der Waals surface area contributed by atoms with Gasteiger partial charge in [-0.25, -0.2) is 4.98 Å². The number of hydrogen-bond acceptors (Lipinski definition) is 4. The van der Waals surface area contributed by atoms with E-state index >= 15 is 0 Å². The number of nitrogens with one attached hydrogen (secondary N) is 2. The third-order valence-electron chi connectivity index (χ3n) is 3.17. The Morgan fingerprint density at radius 3 is 3.11 bits per heavy atom. The molecule has 0 aromatic carbocycles. The van der Waals surface area contributed by atoms with Crippen LogP contribution in [0.3, 0.4) is 0 Å². The van der Waals surface area contributed by atoms with Gasteiger partial charge < -0.3 is 15.0 Å². The Hall–Kier alpha value is -1.69. The van der Waals surface area contributed by atoms with Crippen LogP contribution < -0.4 is 10.9 Å². The van der Waals surface area contributed by atoms with Gasteiger partial charge in [0.2, 0.25) is 0 Å². The molecule has 0 saturated carbocycles. The molecule has 0 aliphatic carbocycles. The number of nitrogens with zero attached hydrogens (tertiary/aromatic N) is 1. The largest absolute Gasteiger partial charge is 0.378 e. The second-order valence-electron chi connectivity index (χ2n) is 4.68. The predicted octanol–water partition coefficient (Wildman–Crippen LogP) is 0.849.